The smallest absolute Gasteiger partial charge is 0.416 e. The number of nitrogens with two attached hydrogens (primary N) is 1. The van der Waals surface area contributed by atoms with Gasteiger partial charge in [-0.25, -0.2) is 0 Å². The summed E-state index contributed by atoms with van der Waals surface area (Å²) in [5.41, 5.74) is 5.96. The van der Waals surface area contributed by atoms with E-state index in [2.05, 4.69) is 20.8 Å². The van der Waals surface area contributed by atoms with Gasteiger partial charge in [0.2, 0.25) is 0 Å². The Hall–Kier alpha value is -2.17. The molecule has 5 heteroatoms. The fourth-order valence-corrected chi connectivity index (χ4v) is 1.97. The number of anilines is 1. The van der Waals surface area contributed by atoms with Crippen LogP contribution in [-0.4, -0.2) is 0 Å². The number of ether oxygens (including phenoxy) is 1. The summed E-state index contributed by atoms with van der Waals surface area (Å²) < 4.78 is 43.3. The van der Waals surface area contributed by atoms with E-state index < -0.39 is 11.7 Å². The Labute approximate surface area is 127 Å². The zero-order valence-corrected chi connectivity index (χ0v) is 12.7. The van der Waals surface area contributed by atoms with Gasteiger partial charge >= 0.3 is 6.18 Å². The normalized spacial score (nSPS) is 12.3. The Morgan fingerprint density at radius 2 is 1.41 bits per heavy atom. The van der Waals surface area contributed by atoms with Crippen LogP contribution < -0.4 is 10.5 Å². The van der Waals surface area contributed by atoms with Gasteiger partial charge in [0.25, 0.3) is 0 Å². The highest BCUT2D eigenvalue weighted by Crippen LogP contribution is 2.35. The maximum Gasteiger partial charge on any atom is 0.416 e. The SMILES string of the molecule is CC(C)(C)c1ccc(Oc2ccc(C(F)(F)F)cc2N)cc1. The molecule has 0 aliphatic carbocycles. The molecular weight excluding hydrogens is 291 g/mol. The lowest BCUT2D eigenvalue weighted by molar-refractivity contribution is -0.137. The van der Waals surface area contributed by atoms with Crippen molar-refractivity contribution in [3.05, 3.63) is 53.6 Å². The molecule has 0 spiro atoms. The van der Waals surface area contributed by atoms with E-state index in [1.165, 1.54) is 6.07 Å². The average Bonchev–Trinajstić information content (AvgIpc) is 2.39. The Balaban J connectivity index is 2.21. The van der Waals surface area contributed by atoms with E-state index in [0.29, 0.717) is 5.75 Å². The quantitative estimate of drug-likeness (QED) is 0.756. The minimum absolute atomic E-state index is 0.0198. The Bertz CT molecular complexity index is 655. The Kier molecular flexibility index (Phi) is 4.09. The number of benzene rings is 2. The molecule has 2 aromatic carbocycles. The van der Waals surface area contributed by atoms with E-state index in [4.69, 9.17) is 10.5 Å². The van der Waals surface area contributed by atoms with Crippen LogP contribution in [0.5, 0.6) is 11.5 Å². The van der Waals surface area contributed by atoms with Crippen molar-refractivity contribution in [1.29, 1.82) is 0 Å². The highest BCUT2D eigenvalue weighted by atomic mass is 19.4. The lowest BCUT2D eigenvalue weighted by atomic mass is 9.87. The molecule has 2 aromatic rings. The van der Waals surface area contributed by atoms with E-state index in [-0.39, 0.29) is 16.9 Å². The van der Waals surface area contributed by atoms with Gasteiger partial charge in [-0.2, -0.15) is 13.2 Å². The van der Waals surface area contributed by atoms with E-state index in [1.54, 1.807) is 12.1 Å². The standard InChI is InChI=1S/C17H18F3NO/c1-16(2,3)11-4-7-13(8-5-11)22-15-9-6-12(10-14(15)21)17(18,19)20/h4-10H,21H2,1-3H3. The van der Waals surface area contributed by atoms with E-state index in [9.17, 15) is 13.2 Å². The van der Waals surface area contributed by atoms with Crippen molar-refractivity contribution in [2.75, 3.05) is 5.73 Å². The van der Waals surface area contributed by atoms with Gasteiger partial charge in [-0.3, -0.25) is 0 Å². The Morgan fingerprint density at radius 3 is 1.86 bits per heavy atom. The van der Waals surface area contributed by atoms with Crippen molar-refractivity contribution < 1.29 is 17.9 Å². The highest BCUT2D eigenvalue weighted by molar-refractivity contribution is 5.56. The van der Waals surface area contributed by atoms with Crippen LogP contribution in [0.3, 0.4) is 0 Å². The highest BCUT2D eigenvalue weighted by Gasteiger charge is 2.31. The van der Waals surface area contributed by atoms with Crippen molar-refractivity contribution in [3.63, 3.8) is 0 Å². The summed E-state index contributed by atoms with van der Waals surface area (Å²) in [6.45, 7) is 6.28. The van der Waals surface area contributed by atoms with E-state index in [0.717, 1.165) is 17.7 Å². The van der Waals surface area contributed by atoms with Crippen LogP contribution in [0.25, 0.3) is 0 Å². The summed E-state index contributed by atoms with van der Waals surface area (Å²) >= 11 is 0. The maximum absolute atomic E-state index is 12.6. The second kappa shape index (κ2) is 5.55. The molecule has 0 saturated heterocycles. The first-order chi connectivity index (χ1) is 10.1. The molecule has 22 heavy (non-hydrogen) atoms. The number of rotatable bonds is 2. The van der Waals surface area contributed by atoms with Crippen LogP contribution in [0.2, 0.25) is 0 Å². The molecule has 118 valence electrons. The second-order valence-electron chi connectivity index (χ2n) is 6.13. The van der Waals surface area contributed by atoms with Gasteiger partial charge in [-0.1, -0.05) is 32.9 Å². The van der Waals surface area contributed by atoms with Gasteiger partial charge in [-0.05, 0) is 41.3 Å². The summed E-state index contributed by atoms with van der Waals surface area (Å²) in [5, 5.41) is 0. The fourth-order valence-electron chi connectivity index (χ4n) is 1.97. The van der Waals surface area contributed by atoms with Crippen molar-refractivity contribution in [2.24, 2.45) is 0 Å². The van der Waals surface area contributed by atoms with Gasteiger partial charge in [0, 0.05) is 0 Å². The molecule has 0 unspecified atom stereocenters. The molecule has 0 fully saturated rings. The summed E-state index contributed by atoms with van der Waals surface area (Å²) in [7, 11) is 0. The molecule has 0 aliphatic rings. The monoisotopic (exact) mass is 309 g/mol. The van der Waals surface area contributed by atoms with E-state index >= 15 is 0 Å². The summed E-state index contributed by atoms with van der Waals surface area (Å²) in [6.07, 6.45) is -4.42. The lowest BCUT2D eigenvalue weighted by Gasteiger charge is -2.19. The van der Waals surface area contributed by atoms with Crippen LogP contribution in [0.4, 0.5) is 18.9 Å². The summed E-state index contributed by atoms with van der Waals surface area (Å²) in [4.78, 5) is 0. The molecule has 2 N–H and O–H groups in total. The minimum atomic E-state index is -4.42. The molecule has 0 saturated carbocycles. The van der Waals surface area contributed by atoms with Crippen LogP contribution in [0.15, 0.2) is 42.5 Å². The lowest BCUT2D eigenvalue weighted by Crippen LogP contribution is -2.10. The van der Waals surface area contributed by atoms with Gasteiger partial charge in [0.05, 0.1) is 11.3 Å². The number of nitrogen functional groups attached to an aromatic ring is 1. The summed E-state index contributed by atoms with van der Waals surface area (Å²) in [5.74, 6) is 0.732. The number of alkyl halides is 3. The first-order valence-corrected chi connectivity index (χ1v) is 6.82. The third kappa shape index (κ3) is 3.72. The van der Waals surface area contributed by atoms with Crippen LogP contribution in [0, 0.1) is 0 Å². The van der Waals surface area contributed by atoms with E-state index in [1.807, 2.05) is 12.1 Å². The largest absolute Gasteiger partial charge is 0.455 e. The molecule has 0 heterocycles. The van der Waals surface area contributed by atoms with Gasteiger partial charge in [0.1, 0.15) is 11.5 Å². The molecule has 0 amide bonds. The van der Waals surface area contributed by atoms with Crippen LogP contribution in [-0.2, 0) is 11.6 Å². The second-order valence-corrected chi connectivity index (χ2v) is 6.13. The molecule has 0 aromatic heterocycles. The molecule has 0 radical (unpaired) electrons. The fraction of sp³-hybridized carbons (Fsp3) is 0.294. The third-order valence-electron chi connectivity index (χ3n) is 3.29. The molecule has 0 atom stereocenters. The van der Waals surface area contributed by atoms with Crippen molar-refractivity contribution >= 4 is 5.69 Å². The van der Waals surface area contributed by atoms with Crippen LogP contribution in [0.1, 0.15) is 31.9 Å². The Morgan fingerprint density at radius 1 is 0.864 bits per heavy atom. The number of hydrogen-bond acceptors (Lipinski definition) is 2. The molecular formula is C17H18F3NO. The van der Waals surface area contributed by atoms with Crippen molar-refractivity contribution in [3.8, 4) is 11.5 Å². The molecule has 0 aliphatic heterocycles. The van der Waals surface area contributed by atoms with Crippen LogP contribution >= 0.6 is 0 Å². The molecule has 2 nitrogen and oxygen atoms in total. The first kappa shape index (κ1) is 16.2. The topological polar surface area (TPSA) is 35.2 Å². The zero-order chi connectivity index (χ0) is 16.5. The van der Waals surface area contributed by atoms with Crippen molar-refractivity contribution in [2.45, 2.75) is 32.4 Å². The number of halogens is 3. The summed E-state index contributed by atoms with van der Waals surface area (Å²) in [6, 6.07) is 10.5. The zero-order valence-electron chi connectivity index (χ0n) is 12.7. The predicted molar refractivity (Wildman–Crippen MR) is 81.1 cm³/mol. The first-order valence-electron chi connectivity index (χ1n) is 6.82. The van der Waals surface area contributed by atoms with Gasteiger partial charge < -0.3 is 10.5 Å². The van der Waals surface area contributed by atoms with Gasteiger partial charge in [0.15, 0.2) is 0 Å². The predicted octanol–water partition coefficient (Wildman–Crippen LogP) is 5.38. The minimum Gasteiger partial charge on any atom is -0.455 e. The van der Waals surface area contributed by atoms with Crippen molar-refractivity contribution in [1.82, 2.24) is 0 Å². The molecule has 2 rings (SSSR count). The average molecular weight is 309 g/mol. The maximum atomic E-state index is 12.6. The third-order valence-corrected chi connectivity index (χ3v) is 3.29. The van der Waals surface area contributed by atoms with Gasteiger partial charge in [-0.15, -0.1) is 0 Å². The molecule has 0 bridgehead atoms. The number of hydrogen-bond donors (Lipinski definition) is 1.